The zero-order chi connectivity index (χ0) is 20.2. The summed E-state index contributed by atoms with van der Waals surface area (Å²) in [5, 5.41) is 4.44. The Morgan fingerprint density at radius 2 is 1.72 bits per heavy atom. The molecule has 2 heterocycles. The van der Waals surface area contributed by atoms with Crippen molar-refractivity contribution in [2.24, 2.45) is 0 Å². The van der Waals surface area contributed by atoms with E-state index in [1.807, 2.05) is 31.2 Å². The first-order valence-electron chi connectivity index (χ1n) is 9.70. The predicted molar refractivity (Wildman–Crippen MR) is 117 cm³/mol. The van der Waals surface area contributed by atoms with Gasteiger partial charge in [-0.25, -0.2) is 15.0 Å². The summed E-state index contributed by atoms with van der Waals surface area (Å²) in [4.78, 5) is 13.3. The fourth-order valence-electron chi connectivity index (χ4n) is 3.36. The molecule has 2 aromatic carbocycles. The second-order valence-electron chi connectivity index (χ2n) is 7.18. The van der Waals surface area contributed by atoms with Crippen LogP contribution in [0.15, 0.2) is 60.9 Å². The Kier molecular flexibility index (Phi) is 5.38. The summed E-state index contributed by atoms with van der Waals surface area (Å²) >= 11 is 0. The Labute approximate surface area is 170 Å². The van der Waals surface area contributed by atoms with Gasteiger partial charge in [0.1, 0.15) is 17.9 Å². The second kappa shape index (κ2) is 8.27. The standard InChI is InChI=1S/C24H24N4O/c1-16-4-9-19(10-6-18-7-11-20(29-3)12-8-18)22(14-16)28-24-21-13-5-17(2)27-23(21)25-15-26-24/h4-5,7-9,11-15H,6,10H2,1-3H3,(H,25,26,27,28). The summed E-state index contributed by atoms with van der Waals surface area (Å²) in [5.41, 5.74) is 6.45. The molecular formula is C24H24N4O. The van der Waals surface area contributed by atoms with Crippen molar-refractivity contribution < 1.29 is 4.74 Å². The Bertz CT molecular complexity index is 1140. The molecule has 0 radical (unpaired) electrons. The largest absolute Gasteiger partial charge is 0.497 e. The molecule has 0 aliphatic rings. The molecule has 0 saturated heterocycles. The fraction of sp³-hybridized carbons (Fsp3) is 0.208. The summed E-state index contributed by atoms with van der Waals surface area (Å²) in [7, 11) is 1.69. The number of aryl methyl sites for hydroxylation is 4. The first-order chi connectivity index (χ1) is 14.1. The van der Waals surface area contributed by atoms with Gasteiger partial charge in [0.25, 0.3) is 0 Å². The van der Waals surface area contributed by atoms with E-state index in [-0.39, 0.29) is 0 Å². The highest BCUT2D eigenvalue weighted by molar-refractivity contribution is 5.88. The maximum atomic E-state index is 5.25. The van der Waals surface area contributed by atoms with Gasteiger partial charge in [0.05, 0.1) is 12.5 Å². The number of fused-ring (bicyclic) bond motifs is 1. The molecule has 5 heteroatoms. The first kappa shape index (κ1) is 18.9. The number of pyridine rings is 1. The number of ether oxygens (including phenoxy) is 1. The molecular weight excluding hydrogens is 360 g/mol. The van der Waals surface area contributed by atoms with Crippen LogP contribution in [0.2, 0.25) is 0 Å². The van der Waals surface area contributed by atoms with Crippen molar-refractivity contribution in [2.45, 2.75) is 26.7 Å². The van der Waals surface area contributed by atoms with Crippen molar-refractivity contribution in [3.05, 3.63) is 83.3 Å². The molecule has 0 aliphatic heterocycles. The summed E-state index contributed by atoms with van der Waals surface area (Å²) in [5.74, 6) is 1.66. The first-order valence-corrected chi connectivity index (χ1v) is 9.70. The third-order valence-corrected chi connectivity index (χ3v) is 5.00. The van der Waals surface area contributed by atoms with Crippen LogP contribution in [-0.4, -0.2) is 22.1 Å². The van der Waals surface area contributed by atoms with Gasteiger partial charge in [-0.2, -0.15) is 0 Å². The number of rotatable bonds is 6. The van der Waals surface area contributed by atoms with E-state index in [1.54, 1.807) is 13.4 Å². The number of hydrogen-bond acceptors (Lipinski definition) is 5. The van der Waals surface area contributed by atoms with Crippen molar-refractivity contribution >= 4 is 22.5 Å². The van der Waals surface area contributed by atoms with Crippen molar-refractivity contribution in [1.82, 2.24) is 15.0 Å². The Balaban J connectivity index is 1.60. The zero-order valence-electron chi connectivity index (χ0n) is 16.9. The van der Waals surface area contributed by atoms with Gasteiger partial charge >= 0.3 is 0 Å². The normalized spacial score (nSPS) is 10.9. The van der Waals surface area contributed by atoms with E-state index < -0.39 is 0 Å². The minimum Gasteiger partial charge on any atom is -0.497 e. The number of anilines is 2. The molecule has 29 heavy (non-hydrogen) atoms. The van der Waals surface area contributed by atoms with Crippen LogP contribution in [0.25, 0.3) is 11.0 Å². The molecule has 0 amide bonds. The van der Waals surface area contributed by atoms with Crippen LogP contribution in [0, 0.1) is 13.8 Å². The minimum absolute atomic E-state index is 0.704. The second-order valence-corrected chi connectivity index (χ2v) is 7.18. The fourth-order valence-corrected chi connectivity index (χ4v) is 3.36. The summed E-state index contributed by atoms with van der Waals surface area (Å²) in [6.07, 6.45) is 3.44. The van der Waals surface area contributed by atoms with Crippen molar-refractivity contribution in [1.29, 1.82) is 0 Å². The Hall–Kier alpha value is -3.47. The smallest absolute Gasteiger partial charge is 0.164 e. The van der Waals surface area contributed by atoms with Crippen LogP contribution >= 0.6 is 0 Å². The van der Waals surface area contributed by atoms with Gasteiger partial charge in [0.2, 0.25) is 0 Å². The predicted octanol–water partition coefficient (Wildman–Crippen LogP) is 5.18. The maximum Gasteiger partial charge on any atom is 0.164 e. The third kappa shape index (κ3) is 4.35. The molecule has 1 N–H and O–H groups in total. The van der Waals surface area contributed by atoms with Crippen molar-refractivity contribution in [3.63, 3.8) is 0 Å². The minimum atomic E-state index is 0.704. The summed E-state index contributed by atoms with van der Waals surface area (Å²) < 4.78 is 5.25. The van der Waals surface area contributed by atoms with E-state index in [0.29, 0.717) is 5.65 Å². The van der Waals surface area contributed by atoms with E-state index in [2.05, 4.69) is 57.5 Å². The lowest BCUT2D eigenvalue weighted by Gasteiger charge is -2.14. The monoisotopic (exact) mass is 384 g/mol. The molecule has 0 bridgehead atoms. The maximum absolute atomic E-state index is 5.25. The molecule has 0 atom stereocenters. The number of nitrogens with one attached hydrogen (secondary N) is 1. The highest BCUT2D eigenvalue weighted by Crippen LogP contribution is 2.27. The molecule has 4 rings (SSSR count). The van der Waals surface area contributed by atoms with Crippen LogP contribution in [0.5, 0.6) is 5.75 Å². The van der Waals surface area contributed by atoms with Crippen LogP contribution in [0.4, 0.5) is 11.5 Å². The van der Waals surface area contributed by atoms with Crippen LogP contribution in [-0.2, 0) is 12.8 Å². The summed E-state index contributed by atoms with van der Waals surface area (Å²) in [6.45, 7) is 4.06. The van der Waals surface area contributed by atoms with Crippen molar-refractivity contribution in [2.75, 3.05) is 12.4 Å². The highest BCUT2D eigenvalue weighted by Gasteiger charge is 2.09. The van der Waals surface area contributed by atoms with E-state index in [0.717, 1.165) is 41.2 Å². The lowest BCUT2D eigenvalue weighted by Crippen LogP contribution is -2.02. The lowest BCUT2D eigenvalue weighted by atomic mass is 10.0. The van der Waals surface area contributed by atoms with E-state index >= 15 is 0 Å². The highest BCUT2D eigenvalue weighted by atomic mass is 16.5. The topological polar surface area (TPSA) is 59.9 Å². The van der Waals surface area contributed by atoms with Crippen LogP contribution in [0.1, 0.15) is 22.4 Å². The quantitative estimate of drug-likeness (QED) is 0.496. The third-order valence-electron chi connectivity index (χ3n) is 5.00. The molecule has 0 unspecified atom stereocenters. The average molecular weight is 384 g/mol. The number of aromatic nitrogens is 3. The molecule has 5 nitrogen and oxygen atoms in total. The van der Waals surface area contributed by atoms with Gasteiger partial charge in [-0.15, -0.1) is 0 Å². The SMILES string of the molecule is COc1ccc(CCc2ccc(C)cc2Nc2ncnc3nc(C)ccc23)cc1. The van der Waals surface area contributed by atoms with Gasteiger partial charge in [-0.1, -0.05) is 24.3 Å². The van der Waals surface area contributed by atoms with Crippen molar-refractivity contribution in [3.8, 4) is 5.75 Å². The summed E-state index contributed by atoms with van der Waals surface area (Å²) in [6, 6.07) is 18.8. The molecule has 0 fully saturated rings. The Morgan fingerprint density at radius 1 is 0.897 bits per heavy atom. The van der Waals surface area contributed by atoms with Crippen LogP contribution in [0.3, 0.4) is 0 Å². The van der Waals surface area contributed by atoms with Gasteiger partial charge in [0, 0.05) is 11.4 Å². The molecule has 0 aliphatic carbocycles. The number of benzene rings is 2. The van der Waals surface area contributed by atoms with E-state index in [1.165, 1.54) is 16.7 Å². The van der Waals surface area contributed by atoms with Gasteiger partial charge in [0.15, 0.2) is 5.65 Å². The molecule has 0 saturated carbocycles. The van der Waals surface area contributed by atoms with Crippen LogP contribution < -0.4 is 10.1 Å². The van der Waals surface area contributed by atoms with Gasteiger partial charge in [-0.3, -0.25) is 0 Å². The molecule has 4 aromatic rings. The van der Waals surface area contributed by atoms with Gasteiger partial charge in [-0.05, 0) is 73.7 Å². The lowest BCUT2D eigenvalue weighted by molar-refractivity contribution is 0.414. The number of methoxy groups -OCH3 is 1. The Morgan fingerprint density at radius 3 is 2.52 bits per heavy atom. The zero-order valence-corrected chi connectivity index (χ0v) is 16.9. The number of nitrogens with zero attached hydrogens (tertiary/aromatic N) is 3. The van der Waals surface area contributed by atoms with E-state index in [9.17, 15) is 0 Å². The number of hydrogen-bond donors (Lipinski definition) is 1. The van der Waals surface area contributed by atoms with Gasteiger partial charge < -0.3 is 10.1 Å². The average Bonchev–Trinajstić information content (AvgIpc) is 2.73. The molecule has 0 spiro atoms. The molecule has 146 valence electrons. The molecule has 2 aromatic heterocycles. The van der Waals surface area contributed by atoms with E-state index in [4.69, 9.17) is 4.74 Å².